The van der Waals surface area contributed by atoms with E-state index < -0.39 is 0 Å². The lowest BCUT2D eigenvalue weighted by molar-refractivity contribution is 0.107. The average Bonchev–Trinajstić information content (AvgIpc) is 2.66. The third-order valence-corrected chi connectivity index (χ3v) is 3.47. The zero-order valence-corrected chi connectivity index (χ0v) is 11.0. The molecule has 18 heavy (non-hydrogen) atoms. The van der Waals surface area contributed by atoms with E-state index in [2.05, 4.69) is 24.3 Å². The Balaban J connectivity index is 2.06. The van der Waals surface area contributed by atoms with Crippen LogP contribution in [-0.2, 0) is 4.74 Å². The van der Waals surface area contributed by atoms with E-state index in [-0.39, 0.29) is 6.09 Å². The molecule has 0 bridgehead atoms. The highest BCUT2D eigenvalue weighted by Crippen LogP contribution is 2.26. The van der Waals surface area contributed by atoms with Crippen molar-refractivity contribution >= 4 is 6.09 Å². The maximum Gasteiger partial charge on any atom is 0.409 e. The number of nitrogens with zero attached hydrogens (tertiary/aromatic N) is 1. The fourth-order valence-electron chi connectivity index (χ4n) is 2.52. The van der Waals surface area contributed by atoms with Crippen LogP contribution in [0.2, 0.25) is 0 Å². The predicted octanol–water partition coefficient (Wildman–Crippen LogP) is 3.41. The molecule has 98 valence electrons. The smallest absolute Gasteiger partial charge is 0.409 e. The van der Waals surface area contributed by atoms with Crippen LogP contribution in [-0.4, -0.2) is 30.7 Å². The summed E-state index contributed by atoms with van der Waals surface area (Å²) < 4.78 is 5.11. The molecule has 3 nitrogen and oxygen atoms in total. The van der Waals surface area contributed by atoms with Gasteiger partial charge in [0.2, 0.25) is 0 Å². The van der Waals surface area contributed by atoms with E-state index >= 15 is 0 Å². The summed E-state index contributed by atoms with van der Waals surface area (Å²) in [5, 5.41) is 0. The van der Waals surface area contributed by atoms with E-state index in [9.17, 15) is 4.79 Å². The number of hydrogen-bond acceptors (Lipinski definition) is 2. The van der Waals surface area contributed by atoms with Gasteiger partial charge in [0, 0.05) is 19.0 Å². The minimum absolute atomic E-state index is 0.166. The van der Waals surface area contributed by atoms with E-state index in [1.807, 2.05) is 17.9 Å². The first kappa shape index (κ1) is 12.9. The average molecular weight is 247 g/mol. The second-order valence-electron chi connectivity index (χ2n) is 4.75. The highest BCUT2D eigenvalue weighted by molar-refractivity contribution is 5.67. The van der Waals surface area contributed by atoms with Crippen molar-refractivity contribution in [1.29, 1.82) is 0 Å². The molecule has 0 saturated carbocycles. The summed E-state index contributed by atoms with van der Waals surface area (Å²) in [6, 6.07) is 10.5. The maximum atomic E-state index is 11.8. The molecule has 3 heteroatoms. The number of ether oxygens (including phenoxy) is 1. The molecule has 0 radical (unpaired) electrons. The topological polar surface area (TPSA) is 29.5 Å². The molecule has 1 aromatic rings. The van der Waals surface area contributed by atoms with E-state index in [1.54, 1.807) is 0 Å². The molecule has 1 heterocycles. The van der Waals surface area contributed by atoms with E-state index in [1.165, 1.54) is 12.0 Å². The number of carbonyl (C=O) groups is 1. The van der Waals surface area contributed by atoms with Crippen molar-refractivity contribution in [2.45, 2.75) is 32.1 Å². The van der Waals surface area contributed by atoms with Gasteiger partial charge >= 0.3 is 6.09 Å². The number of hydrogen-bond donors (Lipinski definition) is 0. The fourth-order valence-corrected chi connectivity index (χ4v) is 2.52. The van der Waals surface area contributed by atoms with Gasteiger partial charge < -0.3 is 9.64 Å². The van der Waals surface area contributed by atoms with E-state index in [0.717, 1.165) is 25.9 Å². The highest BCUT2D eigenvalue weighted by atomic mass is 16.6. The van der Waals surface area contributed by atoms with Crippen LogP contribution in [0.1, 0.15) is 37.7 Å². The van der Waals surface area contributed by atoms with Crippen LogP contribution in [0.25, 0.3) is 0 Å². The van der Waals surface area contributed by atoms with Crippen LogP contribution >= 0.6 is 0 Å². The quantitative estimate of drug-likeness (QED) is 0.801. The Morgan fingerprint density at radius 1 is 1.33 bits per heavy atom. The van der Waals surface area contributed by atoms with Gasteiger partial charge in [-0.3, -0.25) is 0 Å². The van der Waals surface area contributed by atoms with Crippen molar-refractivity contribution in [1.82, 2.24) is 4.90 Å². The lowest BCUT2D eigenvalue weighted by atomic mass is 9.94. The molecule has 0 aromatic heterocycles. The molecular formula is C15H21NO2. The number of amides is 1. The largest absolute Gasteiger partial charge is 0.450 e. The Hall–Kier alpha value is -1.51. The van der Waals surface area contributed by atoms with Gasteiger partial charge in [0.1, 0.15) is 0 Å². The number of benzene rings is 1. The van der Waals surface area contributed by atoms with Gasteiger partial charge in [0.25, 0.3) is 0 Å². The summed E-state index contributed by atoms with van der Waals surface area (Å²) in [5.41, 5.74) is 1.33. The minimum atomic E-state index is -0.166. The molecule has 1 aliphatic rings. The van der Waals surface area contributed by atoms with Crippen molar-refractivity contribution in [3.63, 3.8) is 0 Å². The Kier molecular flexibility index (Phi) is 4.62. The molecule has 1 atom stereocenters. The molecule has 2 rings (SSSR count). The molecule has 1 fully saturated rings. The van der Waals surface area contributed by atoms with Gasteiger partial charge in [0.05, 0.1) is 6.61 Å². The Labute approximate surface area is 109 Å². The fraction of sp³-hybridized carbons (Fsp3) is 0.533. The molecular weight excluding hydrogens is 226 g/mol. The molecule has 1 amide bonds. The van der Waals surface area contributed by atoms with Crippen LogP contribution < -0.4 is 0 Å². The zero-order chi connectivity index (χ0) is 12.8. The number of likely N-dealkylation sites (tertiary alicyclic amines) is 1. The van der Waals surface area contributed by atoms with Gasteiger partial charge in [-0.25, -0.2) is 4.79 Å². The van der Waals surface area contributed by atoms with Gasteiger partial charge in [-0.05, 0) is 25.3 Å². The predicted molar refractivity (Wildman–Crippen MR) is 71.6 cm³/mol. The summed E-state index contributed by atoms with van der Waals surface area (Å²) in [6.45, 7) is 3.90. The van der Waals surface area contributed by atoms with E-state index in [4.69, 9.17) is 4.74 Å². The van der Waals surface area contributed by atoms with E-state index in [0.29, 0.717) is 12.5 Å². The van der Waals surface area contributed by atoms with Crippen molar-refractivity contribution in [2.24, 2.45) is 0 Å². The second-order valence-corrected chi connectivity index (χ2v) is 4.75. The summed E-state index contributed by atoms with van der Waals surface area (Å²) in [7, 11) is 0. The lowest BCUT2D eigenvalue weighted by Crippen LogP contribution is -2.34. The minimum Gasteiger partial charge on any atom is -0.450 e. The first-order chi connectivity index (χ1) is 8.81. The molecule has 0 aliphatic carbocycles. The Morgan fingerprint density at radius 3 is 2.83 bits per heavy atom. The van der Waals surface area contributed by atoms with Crippen molar-refractivity contribution in [2.75, 3.05) is 19.7 Å². The molecule has 1 saturated heterocycles. The maximum absolute atomic E-state index is 11.8. The number of rotatable bonds is 2. The van der Waals surface area contributed by atoms with Crippen molar-refractivity contribution in [3.05, 3.63) is 35.9 Å². The molecule has 0 spiro atoms. The standard InChI is InChI=1S/C15H21NO2/c1-2-18-15(17)16-11-7-6-10-14(12-16)13-8-4-3-5-9-13/h3-5,8-9,14H,2,6-7,10-12H2,1H3. The first-order valence-corrected chi connectivity index (χ1v) is 6.78. The van der Waals surface area contributed by atoms with Crippen molar-refractivity contribution in [3.8, 4) is 0 Å². The molecule has 1 unspecified atom stereocenters. The summed E-state index contributed by atoms with van der Waals surface area (Å²) in [6.07, 6.45) is 3.23. The number of carbonyl (C=O) groups excluding carboxylic acids is 1. The third-order valence-electron chi connectivity index (χ3n) is 3.47. The Bertz CT molecular complexity index is 377. The lowest BCUT2D eigenvalue weighted by Gasteiger charge is -2.23. The SMILES string of the molecule is CCOC(=O)N1CCCCC(c2ccccc2)C1. The summed E-state index contributed by atoms with van der Waals surface area (Å²) >= 11 is 0. The summed E-state index contributed by atoms with van der Waals surface area (Å²) in [4.78, 5) is 13.7. The van der Waals surface area contributed by atoms with Crippen LogP contribution in [0, 0.1) is 0 Å². The second kappa shape index (κ2) is 6.43. The summed E-state index contributed by atoms with van der Waals surface area (Å²) in [5.74, 6) is 0.443. The molecule has 1 aromatic carbocycles. The van der Waals surface area contributed by atoms with Crippen LogP contribution in [0.4, 0.5) is 4.79 Å². The van der Waals surface area contributed by atoms with Gasteiger partial charge in [-0.2, -0.15) is 0 Å². The zero-order valence-electron chi connectivity index (χ0n) is 11.0. The highest BCUT2D eigenvalue weighted by Gasteiger charge is 2.23. The first-order valence-electron chi connectivity index (χ1n) is 6.78. The van der Waals surface area contributed by atoms with Gasteiger partial charge in [-0.15, -0.1) is 0 Å². The monoisotopic (exact) mass is 247 g/mol. The third kappa shape index (κ3) is 3.25. The van der Waals surface area contributed by atoms with Crippen LogP contribution in [0.5, 0.6) is 0 Å². The van der Waals surface area contributed by atoms with Crippen LogP contribution in [0.15, 0.2) is 30.3 Å². The van der Waals surface area contributed by atoms with Crippen LogP contribution in [0.3, 0.4) is 0 Å². The van der Waals surface area contributed by atoms with Gasteiger partial charge in [-0.1, -0.05) is 36.8 Å². The van der Waals surface area contributed by atoms with Crippen molar-refractivity contribution < 1.29 is 9.53 Å². The molecule has 0 N–H and O–H groups in total. The molecule has 1 aliphatic heterocycles. The van der Waals surface area contributed by atoms with Gasteiger partial charge in [0.15, 0.2) is 0 Å². The normalized spacial score (nSPS) is 20.3. The Morgan fingerprint density at radius 2 is 2.11 bits per heavy atom.